The summed E-state index contributed by atoms with van der Waals surface area (Å²) in [5.41, 5.74) is 2.71. The molecule has 0 radical (unpaired) electrons. The number of rotatable bonds is 9. The second kappa shape index (κ2) is 16.3. The Hall–Kier alpha value is -5.19. The van der Waals surface area contributed by atoms with Gasteiger partial charge in [0.25, 0.3) is 5.91 Å². The summed E-state index contributed by atoms with van der Waals surface area (Å²) in [6, 6.07) is 19.1. The maximum atomic E-state index is 13.0. The van der Waals surface area contributed by atoms with Crippen LogP contribution in [0.1, 0.15) is 79.9 Å². The van der Waals surface area contributed by atoms with Crippen molar-refractivity contribution >= 4 is 51.9 Å². The molecule has 8 rings (SSSR count). The molecule has 1 aliphatic carbocycles. The Morgan fingerprint density at radius 3 is 2.55 bits per heavy atom. The van der Waals surface area contributed by atoms with Gasteiger partial charge in [0.15, 0.2) is 11.5 Å². The summed E-state index contributed by atoms with van der Waals surface area (Å²) in [5, 5.41) is 24.8. The lowest BCUT2D eigenvalue weighted by atomic mass is 9.92. The minimum atomic E-state index is -0.357. The van der Waals surface area contributed by atoms with Gasteiger partial charge in [-0.2, -0.15) is 5.26 Å². The van der Waals surface area contributed by atoms with Crippen LogP contribution >= 0.6 is 11.6 Å². The molecule has 55 heavy (non-hydrogen) atoms. The van der Waals surface area contributed by atoms with E-state index in [0.29, 0.717) is 47.0 Å². The minimum absolute atomic E-state index is 0.0325. The number of carbonyl (C=O) groups excluding carboxylic acids is 3. The third-order valence-corrected chi connectivity index (χ3v) is 12.0. The van der Waals surface area contributed by atoms with Gasteiger partial charge >= 0.3 is 6.03 Å². The van der Waals surface area contributed by atoms with Crippen molar-refractivity contribution in [3.05, 3.63) is 77.1 Å². The number of hydrogen-bond donors (Lipinski definition) is 2. The fraction of sp³-hybridized carbons (Fsp3) is 0.463. The van der Waals surface area contributed by atoms with Gasteiger partial charge < -0.3 is 24.4 Å². The molecule has 4 amide bonds. The molecule has 2 N–H and O–H groups in total. The topological polar surface area (TPSA) is 149 Å². The molecule has 4 fully saturated rings. The molecule has 4 aromatic rings. The number of ether oxygens (including phenoxy) is 1. The lowest BCUT2D eigenvalue weighted by Gasteiger charge is -2.39. The van der Waals surface area contributed by atoms with E-state index in [0.717, 1.165) is 106 Å². The molecule has 14 heteroatoms. The van der Waals surface area contributed by atoms with Crippen LogP contribution in [0, 0.1) is 17.2 Å². The molecule has 1 atom stereocenters. The number of anilines is 2. The summed E-state index contributed by atoms with van der Waals surface area (Å²) in [6.07, 6.45) is 10.1. The molecule has 4 aliphatic rings. The number of piperidine rings is 2. The van der Waals surface area contributed by atoms with E-state index < -0.39 is 0 Å². The van der Waals surface area contributed by atoms with E-state index in [2.05, 4.69) is 59.6 Å². The van der Waals surface area contributed by atoms with Gasteiger partial charge in [0.2, 0.25) is 5.91 Å². The Morgan fingerprint density at radius 2 is 1.80 bits per heavy atom. The normalized spacial score (nSPS) is 22.7. The van der Waals surface area contributed by atoms with E-state index in [1.54, 1.807) is 29.2 Å². The number of halogens is 1. The van der Waals surface area contributed by atoms with Gasteiger partial charge in [0.05, 0.1) is 27.9 Å². The standard InChI is InChI=1S/C41H46ClN9O4/c42-34-23-32(9-6-28(34)24-43)55-31-10-7-29(8-11-31)44-40(53)35-12-13-38(47-46-35)49-19-14-27(15-20-49)25-48-18-2-3-30(26-48)50-21-16-33-36(50)4-1-5-37(33)51-22-17-39(52)45-41(51)54/h1,4-6,9,12-13,16,21,23,27,29-31H,2-3,7-8,10-11,14-15,17-20,22,25-26H2,(H,44,53)(H,45,52,54)/t29-,30?,31-. The number of nitrogens with one attached hydrogen (secondary N) is 2. The molecule has 13 nitrogen and oxygen atoms in total. The van der Waals surface area contributed by atoms with Gasteiger partial charge in [-0.1, -0.05) is 17.7 Å². The zero-order valence-corrected chi connectivity index (χ0v) is 31.6. The first-order valence-corrected chi connectivity index (χ1v) is 19.9. The van der Waals surface area contributed by atoms with E-state index in [-0.39, 0.29) is 30.0 Å². The van der Waals surface area contributed by atoms with E-state index >= 15 is 0 Å². The van der Waals surface area contributed by atoms with Gasteiger partial charge in [0.1, 0.15) is 11.8 Å². The lowest BCUT2D eigenvalue weighted by Crippen LogP contribution is -2.49. The van der Waals surface area contributed by atoms with Crippen molar-refractivity contribution in [2.75, 3.05) is 49.1 Å². The SMILES string of the molecule is N#Cc1ccc(O[C@H]2CC[C@H](NC(=O)c3ccc(N4CCC(CN5CCCC(n6ccc7c(N8CCC(=O)NC8=O)cccc76)C5)CC4)nn3)CC2)cc1Cl. The molecule has 3 aliphatic heterocycles. The second-order valence-corrected chi connectivity index (χ2v) is 15.7. The van der Waals surface area contributed by atoms with E-state index in [1.807, 2.05) is 18.2 Å². The Kier molecular flexibility index (Phi) is 10.9. The highest BCUT2D eigenvalue weighted by Gasteiger charge is 2.30. The van der Waals surface area contributed by atoms with Crippen molar-refractivity contribution in [2.45, 2.75) is 76.0 Å². The molecule has 1 unspecified atom stereocenters. The summed E-state index contributed by atoms with van der Waals surface area (Å²) in [7, 11) is 0. The number of aromatic nitrogens is 3. The summed E-state index contributed by atoms with van der Waals surface area (Å²) in [6.45, 7) is 5.36. The van der Waals surface area contributed by atoms with E-state index in [1.165, 1.54) is 0 Å². The largest absolute Gasteiger partial charge is 0.490 e. The Labute approximate surface area is 325 Å². The fourth-order valence-electron chi connectivity index (χ4n) is 8.71. The van der Waals surface area contributed by atoms with Crippen molar-refractivity contribution in [3.8, 4) is 11.8 Å². The summed E-state index contributed by atoms with van der Waals surface area (Å²) in [5.74, 6) is 1.62. The van der Waals surface area contributed by atoms with E-state index in [4.69, 9.17) is 21.6 Å². The molecule has 0 spiro atoms. The van der Waals surface area contributed by atoms with Crippen molar-refractivity contribution in [1.29, 1.82) is 5.26 Å². The second-order valence-electron chi connectivity index (χ2n) is 15.3. The summed E-state index contributed by atoms with van der Waals surface area (Å²) in [4.78, 5) is 43.9. The van der Waals surface area contributed by atoms with Crippen molar-refractivity contribution in [3.63, 3.8) is 0 Å². The monoisotopic (exact) mass is 763 g/mol. The fourth-order valence-corrected chi connectivity index (χ4v) is 8.92. The zero-order chi connectivity index (χ0) is 37.9. The highest BCUT2D eigenvalue weighted by atomic mass is 35.5. The van der Waals surface area contributed by atoms with Crippen LogP contribution in [0.15, 0.2) is 60.8 Å². The number of carbonyl (C=O) groups is 3. The lowest BCUT2D eigenvalue weighted by molar-refractivity contribution is -0.120. The average Bonchev–Trinajstić information content (AvgIpc) is 3.64. The molecule has 3 saturated heterocycles. The van der Waals surface area contributed by atoms with Crippen molar-refractivity contribution in [2.24, 2.45) is 5.92 Å². The minimum Gasteiger partial charge on any atom is -0.490 e. The van der Waals surface area contributed by atoms with Gasteiger partial charge in [0, 0.05) is 68.9 Å². The predicted octanol–water partition coefficient (Wildman–Crippen LogP) is 6.08. The Balaban J connectivity index is 0.788. The van der Waals surface area contributed by atoms with Crippen LogP contribution in [-0.4, -0.2) is 88.9 Å². The maximum absolute atomic E-state index is 13.0. The first kappa shape index (κ1) is 36.8. The molecule has 0 bridgehead atoms. The van der Waals surface area contributed by atoms with Crippen LogP contribution in [0.4, 0.5) is 16.3 Å². The molecular formula is C41H46ClN9O4. The van der Waals surface area contributed by atoms with Gasteiger partial charge in [-0.15, -0.1) is 10.2 Å². The number of amides is 4. The summed E-state index contributed by atoms with van der Waals surface area (Å²) >= 11 is 6.15. The first-order chi connectivity index (χ1) is 26.8. The number of benzene rings is 2. The predicted molar refractivity (Wildman–Crippen MR) is 209 cm³/mol. The third kappa shape index (κ3) is 8.26. The Bertz CT molecular complexity index is 2080. The highest BCUT2D eigenvalue weighted by molar-refractivity contribution is 6.31. The first-order valence-electron chi connectivity index (χ1n) is 19.5. The number of fused-ring (bicyclic) bond motifs is 1. The average molecular weight is 764 g/mol. The Morgan fingerprint density at radius 1 is 0.964 bits per heavy atom. The van der Waals surface area contributed by atoms with Crippen LogP contribution < -0.4 is 25.2 Å². The number of nitrogens with zero attached hydrogens (tertiary/aromatic N) is 7. The molecule has 5 heterocycles. The van der Waals surface area contributed by atoms with Crippen LogP contribution in [0.3, 0.4) is 0 Å². The number of urea groups is 1. The van der Waals surface area contributed by atoms with Crippen molar-refractivity contribution < 1.29 is 19.1 Å². The molecular weight excluding hydrogens is 718 g/mol. The van der Waals surface area contributed by atoms with Crippen LogP contribution in [-0.2, 0) is 4.79 Å². The third-order valence-electron chi connectivity index (χ3n) is 11.7. The smallest absolute Gasteiger partial charge is 0.328 e. The van der Waals surface area contributed by atoms with E-state index in [9.17, 15) is 14.4 Å². The maximum Gasteiger partial charge on any atom is 0.328 e. The van der Waals surface area contributed by atoms with Crippen LogP contribution in [0.5, 0.6) is 5.75 Å². The number of likely N-dealkylation sites (tertiary alicyclic amines) is 1. The zero-order valence-electron chi connectivity index (χ0n) is 30.8. The molecule has 2 aromatic carbocycles. The molecule has 1 saturated carbocycles. The van der Waals surface area contributed by atoms with Crippen LogP contribution in [0.25, 0.3) is 10.9 Å². The quantitative estimate of drug-likeness (QED) is 0.207. The van der Waals surface area contributed by atoms with Crippen molar-refractivity contribution in [1.82, 2.24) is 30.3 Å². The highest BCUT2D eigenvalue weighted by Crippen LogP contribution is 2.34. The number of nitriles is 1. The molecule has 286 valence electrons. The van der Waals surface area contributed by atoms with Gasteiger partial charge in [-0.25, -0.2) is 4.79 Å². The number of hydrogen-bond acceptors (Lipinski definition) is 9. The summed E-state index contributed by atoms with van der Waals surface area (Å²) < 4.78 is 8.47. The van der Waals surface area contributed by atoms with Gasteiger partial charge in [-0.05, 0) is 106 Å². The van der Waals surface area contributed by atoms with Crippen LogP contribution in [0.2, 0.25) is 5.02 Å². The number of imide groups is 1. The van der Waals surface area contributed by atoms with Gasteiger partial charge in [-0.3, -0.25) is 19.8 Å². The molecule has 2 aromatic heterocycles.